The Morgan fingerprint density at radius 3 is 2.44 bits per heavy atom. The van der Waals surface area contributed by atoms with Crippen LogP contribution in [0, 0.1) is 0 Å². The second kappa shape index (κ2) is 2.09. The molecule has 1 heteroatoms. The first-order valence-electron chi connectivity index (χ1n) is 3.01. The summed E-state index contributed by atoms with van der Waals surface area (Å²) in [5.74, 6) is 0. The van der Waals surface area contributed by atoms with Crippen LogP contribution in [0.2, 0.25) is 0 Å². The average Bonchev–Trinajstić information content (AvgIpc) is 2.13. The molecule has 0 aliphatic carbocycles. The van der Waals surface area contributed by atoms with Gasteiger partial charge in [-0.25, -0.2) is 0 Å². The summed E-state index contributed by atoms with van der Waals surface area (Å²) in [6.07, 6.45) is 1.91. The van der Waals surface area contributed by atoms with Gasteiger partial charge in [0, 0.05) is 11.5 Å². The smallest absolute Gasteiger partial charge is 0.0434 e. The Kier molecular flexibility index (Phi) is 1.43. The van der Waals surface area contributed by atoms with E-state index in [0.717, 1.165) is 10.6 Å². The molecule has 0 aliphatic heterocycles. The van der Waals surface area contributed by atoms with Crippen LogP contribution < -0.4 is 10.6 Å². The third kappa shape index (κ3) is 1.04. The SMILES string of the molecule is C=c1cc[nH]c1=C(C)C. The lowest BCUT2D eigenvalue weighted by atomic mass is 10.3. The number of hydrogen-bond acceptors (Lipinski definition) is 0. The Labute approximate surface area is 54.7 Å². The zero-order valence-corrected chi connectivity index (χ0v) is 5.86. The fourth-order valence-corrected chi connectivity index (χ4v) is 0.867. The van der Waals surface area contributed by atoms with Crippen LogP contribution in [-0.4, -0.2) is 4.98 Å². The molecular weight excluding hydrogens is 110 g/mol. The predicted molar refractivity (Wildman–Crippen MR) is 40.3 cm³/mol. The van der Waals surface area contributed by atoms with Crippen LogP contribution in [0.3, 0.4) is 0 Å². The van der Waals surface area contributed by atoms with Crippen molar-refractivity contribution < 1.29 is 0 Å². The molecule has 1 aromatic heterocycles. The zero-order chi connectivity index (χ0) is 6.85. The summed E-state index contributed by atoms with van der Waals surface area (Å²) in [6.45, 7) is 7.99. The van der Waals surface area contributed by atoms with E-state index < -0.39 is 0 Å². The van der Waals surface area contributed by atoms with E-state index in [1.165, 1.54) is 5.57 Å². The maximum Gasteiger partial charge on any atom is 0.0434 e. The van der Waals surface area contributed by atoms with Crippen molar-refractivity contribution in [3.05, 3.63) is 22.8 Å². The summed E-state index contributed by atoms with van der Waals surface area (Å²) in [6, 6.07) is 1.97. The van der Waals surface area contributed by atoms with Crippen LogP contribution in [0.1, 0.15) is 13.8 Å². The van der Waals surface area contributed by atoms with Gasteiger partial charge in [-0.2, -0.15) is 0 Å². The molecule has 1 N–H and O–H groups in total. The highest BCUT2D eigenvalue weighted by Gasteiger charge is 1.82. The maximum atomic E-state index is 3.85. The normalized spacial score (nSPS) is 9.56. The van der Waals surface area contributed by atoms with Gasteiger partial charge in [0.25, 0.3) is 0 Å². The maximum absolute atomic E-state index is 3.85. The summed E-state index contributed by atoms with van der Waals surface area (Å²) < 4.78 is 0. The van der Waals surface area contributed by atoms with Crippen molar-refractivity contribution in [1.29, 1.82) is 0 Å². The van der Waals surface area contributed by atoms with Gasteiger partial charge in [-0.05, 0) is 25.1 Å². The second-order valence-corrected chi connectivity index (χ2v) is 2.38. The molecule has 0 aliphatic rings. The molecule has 0 saturated heterocycles. The number of nitrogens with one attached hydrogen (secondary N) is 1. The van der Waals surface area contributed by atoms with E-state index in [0.29, 0.717) is 0 Å². The van der Waals surface area contributed by atoms with Gasteiger partial charge in [0.1, 0.15) is 0 Å². The lowest BCUT2D eigenvalue weighted by molar-refractivity contribution is 1.28. The molecule has 0 amide bonds. The minimum atomic E-state index is 1.08. The minimum Gasteiger partial charge on any atom is -0.361 e. The monoisotopic (exact) mass is 121 g/mol. The Morgan fingerprint density at radius 1 is 1.56 bits per heavy atom. The van der Waals surface area contributed by atoms with Gasteiger partial charge in [0.05, 0.1) is 0 Å². The average molecular weight is 121 g/mol. The van der Waals surface area contributed by atoms with E-state index in [9.17, 15) is 0 Å². The summed E-state index contributed by atoms with van der Waals surface area (Å²) in [7, 11) is 0. The molecule has 9 heavy (non-hydrogen) atoms. The minimum absolute atomic E-state index is 1.08. The van der Waals surface area contributed by atoms with Crippen molar-refractivity contribution in [2.24, 2.45) is 0 Å². The van der Waals surface area contributed by atoms with E-state index in [1.54, 1.807) is 0 Å². The van der Waals surface area contributed by atoms with E-state index >= 15 is 0 Å². The van der Waals surface area contributed by atoms with Crippen LogP contribution in [0.25, 0.3) is 12.2 Å². The summed E-state index contributed by atoms with van der Waals surface area (Å²) in [5.41, 5.74) is 1.28. The van der Waals surface area contributed by atoms with Crippen LogP contribution in [0.15, 0.2) is 12.3 Å². The van der Waals surface area contributed by atoms with E-state index in [2.05, 4.69) is 25.4 Å². The summed E-state index contributed by atoms with van der Waals surface area (Å²) >= 11 is 0. The van der Waals surface area contributed by atoms with Crippen molar-refractivity contribution in [3.8, 4) is 0 Å². The number of H-pyrrole nitrogens is 1. The molecule has 1 aromatic rings. The third-order valence-electron chi connectivity index (χ3n) is 1.33. The first-order valence-corrected chi connectivity index (χ1v) is 3.01. The Balaban J connectivity index is 3.60. The number of aromatic amines is 1. The highest BCUT2D eigenvalue weighted by atomic mass is 14.6. The lowest BCUT2D eigenvalue weighted by Crippen LogP contribution is -2.21. The first-order chi connectivity index (χ1) is 4.22. The molecule has 48 valence electrons. The van der Waals surface area contributed by atoms with Crippen molar-refractivity contribution >= 4 is 12.2 Å². The van der Waals surface area contributed by atoms with Gasteiger partial charge >= 0.3 is 0 Å². The molecule has 1 rings (SSSR count). The molecular formula is C8H11N. The molecule has 0 atom stereocenters. The number of hydrogen-bond donors (Lipinski definition) is 1. The third-order valence-corrected chi connectivity index (χ3v) is 1.33. The van der Waals surface area contributed by atoms with Crippen LogP contribution >= 0.6 is 0 Å². The summed E-state index contributed by atoms with van der Waals surface area (Å²) in [5, 5.41) is 2.24. The second-order valence-electron chi connectivity index (χ2n) is 2.38. The van der Waals surface area contributed by atoms with Crippen LogP contribution in [-0.2, 0) is 0 Å². The highest BCUT2D eigenvalue weighted by molar-refractivity contribution is 5.36. The molecule has 0 spiro atoms. The molecule has 0 radical (unpaired) electrons. The van der Waals surface area contributed by atoms with E-state index in [4.69, 9.17) is 0 Å². The van der Waals surface area contributed by atoms with Crippen LogP contribution in [0.5, 0.6) is 0 Å². The van der Waals surface area contributed by atoms with E-state index in [1.807, 2.05) is 12.3 Å². The van der Waals surface area contributed by atoms with Gasteiger partial charge in [0.15, 0.2) is 0 Å². The number of aromatic nitrogens is 1. The van der Waals surface area contributed by atoms with Gasteiger partial charge in [-0.15, -0.1) is 0 Å². The fraction of sp³-hybridized carbons (Fsp3) is 0.250. The molecule has 1 nitrogen and oxygen atoms in total. The van der Waals surface area contributed by atoms with Gasteiger partial charge in [-0.1, -0.05) is 12.2 Å². The molecule has 0 unspecified atom stereocenters. The molecule has 1 heterocycles. The Hall–Kier alpha value is -0.980. The Bertz CT molecular complexity index is 289. The quantitative estimate of drug-likeness (QED) is 0.518. The molecule has 0 saturated carbocycles. The molecule has 0 fully saturated rings. The molecule has 0 bridgehead atoms. The van der Waals surface area contributed by atoms with Gasteiger partial charge < -0.3 is 4.98 Å². The fourth-order valence-electron chi connectivity index (χ4n) is 0.867. The summed E-state index contributed by atoms with van der Waals surface area (Å²) in [4.78, 5) is 3.11. The largest absolute Gasteiger partial charge is 0.361 e. The van der Waals surface area contributed by atoms with Crippen LogP contribution in [0.4, 0.5) is 0 Å². The van der Waals surface area contributed by atoms with E-state index in [-0.39, 0.29) is 0 Å². The topological polar surface area (TPSA) is 15.8 Å². The Morgan fingerprint density at radius 2 is 2.22 bits per heavy atom. The zero-order valence-electron chi connectivity index (χ0n) is 5.86. The van der Waals surface area contributed by atoms with Crippen molar-refractivity contribution in [1.82, 2.24) is 4.98 Å². The van der Waals surface area contributed by atoms with Crippen molar-refractivity contribution in [2.45, 2.75) is 13.8 Å². The number of rotatable bonds is 0. The predicted octanol–water partition coefficient (Wildman–Crippen LogP) is 0.615. The van der Waals surface area contributed by atoms with Crippen molar-refractivity contribution in [3.63, 3.8) is 0 Å². The van der Waals surface area contributed by atoms with Gasteiger partial charge in [-0.3, -0.25) is 0 Å². The molecule has 0 aromatic carbocycles. The standard InChI is InChI=1S/C8H11N/c1-6(2)8-7(3)4-5-9-8/h4-5,9H,3H2,1-2H3. The lowest BCUT2D eigenvalue weighted by Gasteiger charge is -1.82. The van der Waals surface area contributed by atoms with Gasteiger partial charge in [0.2, 0.25) is 0 Å². The first kappa shape index (κ1) is 6.14. The highest BCUT2D eigenvalue weighted by Crippen LogP contribution is 1.79. The van der Waals surface area contributed by atoms with Crippen molar-refractivity contribution in [2.75, 3.05) is 0 Å².